The van der Waals surface area contributed by atoms with Crippen LogP contribution in [-0.2, 0) is 0 Å². The highest BCUT2D eigenvalue weighted by molar-refractivity contribution is 6.39. The maximum atomic E-state index is 6.19. The SMILES string of the molecule is c1ccc(-c2ccc3c(c2)c2ccccc2c2c4ccc(-c5ccc(-c6ccc7c(c6)oc6ccccc67)cc5)cc4c4ccccc4c32)cc1. The quantitative estimate of drug-likeness (QED) is 0.174. The summed E-state index contributed by atoms with van der Waals surface area (Å²) in [5, 5.41) is 15.2. The molecule has 0 aliphatic rings. The molecule has 0 unspecified atom stereocenters. The van der Waals surface area contributed by atoms with Crippen LogP contribution in [0.25, 0.3) is 109 Å². The lowest BCUT2D eigenvalue weighted by Crippen LogP contribution is -1.90. The minimum absolute atomic E-state index is 0.920. The summed E-state index contributed by atoms with van der Waals surface area (Å²) in [5.41, 5.74) is 9.06. The van der Waals surface area contributed by atoms with Gasteiger partial charge in [0.1, 0.15) is 11.2 Å². The average Bonchev–Trinajstić information content (AvgIpc) is 3.59. The molecule has 0 aliphatic carbocycles. The third-order valence-corrected chi connectivity index (χ3v) is 10.8. The minimum atomic E-state index is 0.920. The van der Waals surface area contributed by atoms with E-state index in [9.17, 15) is 0 Å². The van der Waals surface area contributed by atoms with Crippen molar-refractivity contribution < 1.29 is 4.42 Å². The molecule has 0 fully saturated rings. The minimum Gasteiger partial charge on any atom is -0.456 e. The summed E-state index contributed by atoms with van der Waals surface area (Å²) in [6.45, 7) is 0. The van der Waals surface area contributed by atoms with Crippen LogP contribution in [0.3, 0.4) is 0 Å². The molecule has 1 aromatic heterocycles. The molecular formula is C50H30O. The lowest BCUT2D eigenvalue weighted by molar-refractivity contribution is 0.669. The van der Waals surface area contributed by atoms with Gasteiger partial charge < -0.3 is 4.42 Å². The molecule has 11 aromatic rings. The van der Waals surface area contributed by atoms with Gasteiger partial charge in [0.25, 0.3) is 0 Å². The molecule has 1 heteroatoms. The highest BCUT2D eigenvalue weighted by Gasteiger charge is 2.17. The molecule has 0 spiro atoms. The molecule has 1 nitrogen and oxygen atoms in total. The van der Waals surface area contributed by atoms with Gasteiger partial charge in [-0.05, 0) is 118 Å². The highest BCUT2D eigenvalue weighted by atomic mass is 16.3. The summed E-state index contributed by atoms with van der Waals surface area (Å²) >= 11 is 0. The van der Waals surface area contributed by atoms with Crippen molar-refractivity contribution in [1.29, 1.82) is 0 Å². The molecule has 0 amide bonds. The van der Waals surface area contributed by atoms with Crippen molar-refractivity contribution in [2.45, 2.75) is 0 Å². The van der Waals surface area contributed by atoms with Crippen LogP contribution < -0.4 is 0 Å². The molecule has 236 valence electrons. The van der Waals surface area contributed by atoms with Crippen molar-refractivity contribution in [3.8, 4) is 33.4 Å². The third kappa shape index (κ3) is 4.28. The Morgan fingerprint density at radius 2 is 0.588 bits per heavy atom. The topological polar surface area (TPSA) is 13.1 Å². The zero-order chi connectivity index (χ0) is 33.5. The summed E-state index contributed by atoms with van der Waals surface area (Å²) in [7, 11) is 0. The van der Waals surface area contributed by atoms with Crippen LogP contribution in [0.4, 0.5) is 0 Å². The van der Waals surface area contributed by atoms with E-state index in [1.54, 1.807) is 0 Å². The molecule has 0 saturated heterocycles. The van der Waals surface area contributed by atoms with E-state index in [4.69, 9.17) is 4.42 Å². The van der Waals surface area contributed by atoms with Crippen molar-refractivity contribution in [2.24, 2.45) is 0 Å². The molecule has 0 bridgehead atoms. The smallest absolute Gasteiger partial charge is 0.136 e. The number of hydrogen-bond donors (Lipinski definition) is 0. The average molecular weight is 647 g/mol. The molecule has 0 atom stereocenters. The molecule has 0 aliphatic heterocycles. The zero-order valence-electron chi connectivity index (χ0n) is 27.7. The second kappa shape index (κ2) is 10.9. The Morgan fingerprint density at radius 1 is 0.216 bits per heavy atom. The predicted octanol–water partition coefficient (Wildman–Crippen LogP) is 14.4. The first-order valence-electron chi connectivity index (χ1n) is 17.6. The van der Waals surface area contributed by atoms with Gasteiger partial charge in [-0.25, -0.2) is 0 Å². The summed E-state index contributed by atoms with van der Waals surface area (Å²) in [6.07, 6.45) is 0. The summed E-state index contributed by atoms with van der Waals surface area (Å²) in [6, 6.07) is 66.3. The molecule has 10 aromatic carbocycles. The fourth-order valence-electron chi connectivity index (χ4n) is 8.42. The van der Waals surface area contributed by atoms with E-state index in [1.165, 1.54) is 81.7 Å². The predicted molar refractivity (Wildman–Crippen MR) is 218 cm³/mol. The van der Waals surface area contributed by atoms with E-state index in [0.29, 0.717) is 0 Å². The van der Waals surface area contributed by atoms with Crippen molar-refractivity contribution in [1.82, 2.24) is 0 Å². The first-order chi connectivity index (χ1) is 25.3. The van der Waals surface area contributed by atoms with Gasteiger partial charge in [-0.3, -0.25) is 0 Å². The number of para-hydroxylation sites is 1. The van der Waals surface area contributed by atoms with E-state index >= 15 is 0 Å². The van der Waals surface area contributed by atoms with Gasteiger partial charge >= 0.3 is 0 Å². The third-order valence-electron chi connectivity index (χ3n) is 10.8. The standard InChI is InChI=1S/C50H30O/c1-2-10-31(11-3-1)34-23-26-43-45(28-34)37-12-4-6-15-41(37)50-44-27-24-35(29-46(44)38-13-5-7-16-42(38)49(43)50)32-18-20-33(21-19-32)36-22-25-40-39-14-8-9-17-47(39)51-48(40)30-36/h1-30H. The van der Waals surface area contributed by atoms with Crippen LogP contribution >= 0.6 is 0 Å². The summed E-state index contributed by atoms with van der Waals surface area (Å²) in [5.74, 6) is 0. The normalized spacial score (nSPS) is 11.9. The zero-order valence-corrected chi connectivity index (χ0v) is 27.7. The largest absolute Gasteiger partial charge is 0.456 e. The van der Waals surface area contributed by atoms with Gasteiger partial charge in [-0.2, -0.15) is 0 Å². The molecule has 0 radical (unpaired) electrons. The molecular weight excluding hydrogens is 617 g/mol. The molecule has 1 heterocycles. The highest BCUT2D eigenvalue weighted by Crippen LogP contribution is 2.45. The van der Waals surface area contributed by atoms with Crippen molar-refractivity contribution >= 4 is 75.8 Å². The molecule has 0 saturated carbocycles. The van der Waals surface area contributed by atoms with E-state index in [1.807, 2.05) is 12.1 Å². The second-order valence-electron chi connectivity index (χ2n) is 13.6. The van der Waals surface area contributed by atoms with Crippen molar-refractivity contribution in [3.63, 3.8) is 0 Å². The Bertz CT molecular complexity index is 3170. The van der Waals surface area contributed by atoms with Crippen molar-refractivity contribution in [2.75, 3.05) is 0 Å². The van der Waals surface area contributed by atoms with Crippen LogP contribution in [0, 0.1) is 0 Å². The van der Waals surface area contributed by atoms with Crippen LogP contribution in [0.15, 0.2) is 186 Å². The Labute approximate surface area is 294 Å². The van der Waals surface area contributed by atoms with Gasteiger partial charge in [-0.1, -0.05) is 152 Å². The molecule has 0 N–H and O–H groups in total. The number of rotatable bonds is 3. The Balaban J connectivity index is 1.09. The van der Waals surface area contributed by atoms with Crippen LogP contribution in [0.5, 0.6) is 0 Å². The summed E-state index contributed by atoms with van der Waals surface area (Å²) in [4.78, 5) is 0. The molecule has 11 rings (SSSR count). The van der Waals surface area contributed by atoms with Gasteiger partial charge in [0, 0.05) is 10.8 Å². The van der Waals surface area contributed by atoms with Crippen LogP contribution in [0.1, 0.15) is 0 Å². The molecule has 51 heavy (non-hydrogen) atoms. The Morgan fingerprint density at radius 3 is 1.16 bits per heavy atom. The van der Waals surface area contributed by atoms with E-state index in [-0.39, 0.29) is 0 Å². The van der Waals surface area contributed by atoms with E-state index in [2.05, 4.69) is 170 Å². The number of furan rings is 1. The Hall–Kier alpha value is -6.70. The summed E-state index contributed by atoms with van der Waals surface area (Å²) < 4.78 is 6.19. The lowest BCUT2D eigenvalue weighted by atomic mass is 9.85. The number of fused-ring (bicyclic) bond motifs is 14. The van der Waals surface area contributed by atoms with E-state index < -0.39 is 0 Å². The van der Waals surface area contributed by atoms with E-state index in [0.717, 1.165) is 27.5 Å². The lowest BCUT2D eigenvalue weighted by Gasteiger charge is -2.18. The first-order valence-corrected chi connectivity index (χ1v) is 17.6. The first kappa shape index (κ1) is 28.2. The van der Waals surface area contributed by atoms with Gasteiger partial charge in [-0.15, -0.1) is 0 Å². The second-order valence-corrected chi connectivity index (χ2v) is 13.6. The monoisotopic (exact) mass is 646 g/mol. The Kier molecular flexibility index (Phi) is 6.02. The fourth-order valence-corrected chi connectivity index (χ4v) is 8.42. The van der Waals surface area contributed by atoms with Gasteiger partial charge in [0.05, 0.1) is 0 Å². The van der Waals surface area contributed by atoms with Gasteiger partial charge in [0.2, 0.25) is 0 Å². The number of hydrogen-bond acceptors (Lipinski definition) is 1. The van der Waals surface area contributed by atoms with Gasteiger partial charge in [0.15, 0.2) is 0 Å². The van der Waals surface area contributed by atoms with Crippen molar-refractivity contribution in [3.05, 3.63) is 182 Å². The maximum Gasteiger partial charge on any atom is 0.136 e. The fraction of sp³-hybridized carbons (Fsp3) is 0. The van der Waals surface area contributed by atoms with Crippen LogP contribution in [-0.4, -0.2) is 0 Å². The number of benzene rings is 10. The van der Waals surface area contributed by atoms with Crippen LogP contribution in [0.2, 0.25) is 0 Å². The maximum absolute atomic E-state index is 6.19.